The van der Waals surface area contributed by atoms with Crippen LogP contribution in [0.1, 0.15) is 43.6 Å². The third-order valence-electron chi connectivity index (χ3n) is 4.88. The average molecular weight is 284 g/mol. The van der Waals surface area contributed by atoms with Gasteiger partial charge < -0.3 is 10.6 Å². The van der Waals surface area contributed by atoms with Crippen LogP contribution in [0.25, 0.3) is 0 Å². The summed E-state index contributed by atoms with van der Waals surface area (Å²) in [5.41, 5.74) is 1.73. The lowest BCUT2D eigenvalue weighted by Gasteiger charge is -2.27. The van der Waals surface area contributed by atoms with Crippen molar-refractivity contribution in [1.82, 2.24) is 5.32 Å². The van der Waals surface area contributed by atoms with Gasteiger partial charge in [0.25, 0.3) is 0 Å². The second-order valence-electron chi connectivity index (χ2n) is 6.60. The van der Waals surface area contributed by atoms with Crippen molar-refractivity contribution >= 4 is 17.5 Å². The first-order valence-electron chi connectivity index (χ1n) is 7.91. The average Bonchev–Trinajstić information content (AvgIpc) is 3.37. The van der Waals surface area contributed by atoms with Crippen molar-refractivity contribution in [3.8, 4) is 0 Å². The van der Waals surface area contributed by atoms with Gasteiger partial charge in [-0.3, -0.25) is 9.59 Å². The number of rotatable bonds is 4. The first-order valence-corrected chi connectivity index (χ1v) is 7.91. The maximum absolute atomic E-state index is 12.7. The molecule has 0 saturated heterocycles. The summed E-state index contributed by atoms with van der Waals surface area (Å²) in [4.78, 5) is 24.5. The number of hydrogen-bond donors (Lipinski definition) is 2. The molecule has 21 heavy (non-hydrogen) atoms. The molecule has 1 atom stereocenters. The number of carbonyl (C=O) groups excluding carboxylic acids is 2. The van der Waals surface area contributed by atoms with Gasteiger partial charge in [-0.25, -0.2) is 0 Å². The Morgan fingerprint density at radius 3 is 2.48 bits per heavy atom. The maximum atomic E-state index is 12.7. The van der Waals surface area contributed by atoms with Crippen molar-refractivity contribution in [1.29, 1.82) is 0 Å². The topological polar surface area (TPSA) is 58.2 Å². The quantitative estimate of drug-likeness (QED) is 0.892. The van der Waals surface area contributed by atoms with E-state index in [1.54, 1.807) is 0 Å². The molecule has 0 radical (unpaired) electrons. The number of anilines is 1. The van der Waals surface area contributed by atoms with Gasteiger partial charge in [0.1, 0.15) is 0 Å². The van der Waals surface area contributed by atoms with Gasteiger partial charge in [0.05, 0.1) is 5.92 Å². The molecule has 3 aliphatic rings. The fraction of sp³-hybridized carbons (Fsp3) is 0.529. The van der Waals surface area contributed by atoms with Gasteiger partial charge in [-0.1, -0.05) is 18.2 Å². The van der Waals surface area contributed by atoms with Gasteiger partial charge in [-0.05, 0) is 49.1 Å². The zero-order valence-corrected chi connectivity index (χ0v) is 12.0. The second-order valence-corrected chi connectivity index (χ2v) is 6.60. The van der Waals surface area contributed by atoms with Crippen LogP contribution in [0.4, 0.5) is 5.69 Å². The number of nitrogens with one attached hydrogen (secondary N) is 2. The van der Waals surface area contributed by atoms with E-state index in [0.29, 0.717) is 17.9 Å². The lowest BCUT2D eigenvalue weighted by molar-refractivity contribution is -0.127. The molecule has 2 aliphatic carbocycles. The van der Waals surface area contributed by atoms with Crippen LogP contribution in [0, 0.1) is 11.8 Å². The lowest BCUT2D eigenvalue weighted by atomic mass is 9.89. The molecule has 1 aromatic carbocycles. The van der Waals surface area contributed by atoms with E-state index in [0.717, 1.165) is 11.3 Å². The van der Waals surface area contributed by atoms with Crippen LogP contribution >= 0.6 is 0 Å². The molecule has 2 amide bonds. The van der Waals surface area contributed by atoms with Crippen LogP contribution in [0.15, 0.2) is 24.3 Å². The molecule has 4 rings (SSSR count). The minimum absolute atomic E-state index is 0.0288. The summed E-state index contributed by atoms with van der Waals surface area (Å²) in [6.07, 6.45) is 5.21. The molecule has 4 nitrogen and oxygen atoms in total. The molecule has 1 heterocycles. The molecule has 0 spiro atoms. The van der Waals surface area contributed by atoms with E-state index < -0.39 is 0 Å². The van der Waals surface area contributed by atoms with E-state index in [-0.39, 0.29) is 24.2 Å². The standard InChI is InChI=1S/C17H20N2O2/c20-15-9-13(12-3-1-2-4-14(12)18-15)17(21)19-16(10-5-6-10)11-7-8-11/h1-4,10-11,13,16H,5-9H2,(H,18,20)(H,19,21). The van der Waals surface area contributed by atoms with E-state index >= 15 is 0 Å². The Morgan fingerprint density at radius 1 is 1.14 bits per heavy atom. The molecule has 2 fully saturated rings. The first kappa shape index (κ1) is 12.9. The highest BCUT2D eigenvalue weighted by Gasteiger charge is 2.43. The minimum Gasteiger partial charge on any atom is -0.352 e. The van der Waals surface area contributed by atoms with E-state index in [4.69, 9.17) is 0 Å². The Balaban J connectivity index is 1.54. The highest BCUT2D eigenvalue weighted by atomic mass is 16.2. The van der Waals surface area contributed by atoms with E-state index in [9.17, 15) is 9.59 Å². The second kappa shape index (κ2) is 4.86. The zero-order valence-electron chi connectivity index (χ0n) is 12.0. The summed E-state index contributed by atoms with van der Waals surface area (Å²) in [5, 5.41) is 6.10. The van der Waals surface area contributed by atoms with Gasteiger partial charge in [-0.15, -0.1) is 0 Å². The fourth-order valence-corrected chi connectivity index (χ4v) is 3.44. The normalized spacial score (nSPS) is 24.4. The zero-order chi connectivity index (χ0) is 14.4. The van der Waals surface area contributed by atoms with Crippen LogP contribution in [-0.4, -0.2) is 17.9 Å². The molecule has 110 valence electrons. The number of amides is 2. The van der Waals surface area contributed by atoms with Crippen molar-refractivity contribution < 1.29 is 9.59 Å². The molecule has 2 N–H and O–H groups in total. The highest BCUT2D eigenvalue weighted by molar-refractivity contribution is 6.01. The van der Waals surface area contributed by atoms with Gasteiger partial charge >= 0.3 is 0 Å². The van der Waals surface area contributed by atoms with Crippen molar-refractivity contribution in [2.75, 3.05) is 5.32 Å². The monoisotopic (exact) mass is 284 g/mol. The van der Waals surface area contributed by atoms with Crippen LogP contribution in [0.2, 0.25) is 0 Å². The smallest absolute Gasteiger partial charge is 0.228 e. The molecule has 0 bridgehead atoms. The molecular formula is C17H20N2O2. The molecule has 1 aromatic rings. The van der Waals surface area contributed by atoms with Crippen molar-refractivity contribution in [3.05, 3.63) is 29.8 Å². The summed E-state index contributed by atoms with van der Waals surface area (Å²) in [6.45, 7) is 0. The van der Waals surface area contributed by atoms with Crippen LogP contribution in [0.5, 0.6) is 0 Å². The summed E-state index contributed by atoms with van der Waals surface area (Å²) in [7, 11) is 0. The van der Waals surface area contributed by atoms with E-state index in [1.165, 1.54) is 25.7 Å². The SMILES string of the molecule is O=C1CC(C(=O)NC(C2CC2)C2CC2)c2ccccc2N1. The number of fused-ring (bicyclic) bond motifs is 1. The highest BCUT2D eigenvalue weighted by Crippen LogP contribution is 2.45. The maximum Gasteiger partial charge on any atom is 0.228 e. The van der Waals surface area contributed by atoms with Crippen LogP contribution in [-0.2, 0) is 9.59 Å². The fourth-order valence-electron chi connectivity index (χ4n) is 3.44. The molecular weight excluding hydrogens is 264 g/mol. The third-order valence-corrected chi connectivity index (χ3v) is 4.88. The Labute approximate surface area is 124 Å². The molecule has 4 heteroatoms. The minimum atomic E-state index is -0.338. The summed E-state index contributed by atoms with van der Waals surface area (Å²) < 4.78 is 0. The Kier molecular flexibility index (Phi) is 2.98. The summed E-state index contributed by atoms with van der Waals surface area (Å²) in [6, 6.07) is 7.97. The predicted octanol–water partition coefficient (Wildman–Crippen LogP) is 2.42. The molecule has 1 unspecified atom stereocenters. The van der Waals surface area contributed by atoms with Gasteiger partial charge in [0, 0.05) is 18.2 Å². The van der Waals surface area contributed by atoms with Crippen LogP contribution in [0.3, 0.4) is 0 Å². The Bertz CT molecular complexity index is 578. The van der Waals surface area contributed by atoms with Crippen molar-refractivity contribution in [3.63, 3.8) is 0 Å². The number of carbonyl (C=O) groups is 2. The Morgan fingerprint density at radius 2 is 1.81 bits per heavy atom. The number of benzene rings is 1. The largest absolute Gasteiger partial charge is 0.352 e. The predicted molar refractivity (Wildman–Crippen MR) is 79.8 cm³/mol. The molecule has 2 saturated carbocycles. The van der Waals surface area contributed by atoms with Gasteiger partial charge in [0.15, 0.2) is 0 Å². The Hall–Kier alpha value is -1.84. The first-order chi connectivity index (χ1) is 10.2. The van der Waals surface area contributed by atoms with Crippen LogP contribution < -0.4 is 10.6 Å². The van der Waals surface area contributed by atoms with Crippen molar-refractivity contribution in [2.45, 2.75) is 44.1 Å². The molecule has 0 aromatic heterocycles. The van der Waals surface area contributed by atoms with Crippen molar-refractivity contribution in [2.24, 2.45) is 11.8 Å². The lowest BCUT2D eigenvalue weighted by Crippen LogP contribution is -2.42. The summed E-state index contributed by atoms with van der Waals surface area (Å²) >= 11 is 0. The number of para-hydroxylation sites is 1. The van der Waals surface area contributed by atoms with Gasteiger partial charge in [-0.2, -0.15) is 0 Å². The van der Waals surface area contributed by atoms with E-state index in [2.05, 4.69) is 10.6 Å². The summed E-state index contributed by atoms with van der Waals surface area (Å²) in [5.74, 6) is 0.975. The molecule has 1 aliphatic heterocycles. The van der Waals surface area contributed by atoms with Gasteiger partial charge in [0.2, 0.25) is 11.8 Å². The third kappa shape index (κ3) is 2.55. The number of hydrogen-bond acceptors (Lipinski definition) is 2. The van der Waals surface area contributed by atoms with E-state index in [1.807, 2.05) is 24.3 Å².